The van der Waals surface area contributed by atoms with Gasteiger partial charge in [0.05, 0.1) is 6.10 Å². The van der Waals surface area contributed by atoms with E-state index in [-0.39, 0.29) is 34.9 Å². The minimum absolute atomic E-state index is 0.0797. The molecule has 0 spiro atoms. The van der Waals surface area contributed by atoms with E-state index >= 15 is 0 Å². The van der Waals surface area contributed by atoms with Gasteiger partial charge in [0.2, 0.25) is 0 Å². The standard InChI is InChI=1S/C19H26O3/c1-18-8-7-13-11(12(18)5-6-15(18)21)4-3-10-9-14(20)16-17(22-16)19(10,13)2/h9,11-13,15-17,21H,3-8H2,1-2H3/t11-,12-,13-,15?,16?,17?,18-,19-/m0/s1. The van der Waals surface area contributed by atoms with Crippen LogP contribution in [0, 0.1) is 28.6 Å². The van der Waals surface area contributed by atoms with Crippen LogP contribution in [0.15, 0.2) is 11.6 Å². The van der Waals surface area contributed by atoms with Gasteiger partial charge in [-0.3, -0.25) is 4.79 Å². The molecule has 120 valence electrons. The van der Waals surface area contributed by atoms with E-state index in [9.17, 15) is 9.90 Å². The van der Waals surface area contributed by atoms with Crippen LogP contribution in [0.25, 0.3) is 0 Å². The van der Waals surface area contributed by atoms with Crippen molar-refractivity contribution < 1.29 is 14.6 Å². The quantitative estimate of drug-likeness (QED) is 0.700. The molecule has 5 rings (SSSR count). The topological polar surface area (TPSA) is 49.8 Å². The number of rotatable bonds is 0. The van der Waals surface area contributed by atoms with E-state index < -0.39 is 0 Å². The average molecular weight is 302 g/mol. The maximum atomic E-state index is 12.0. The second-order valence-electron chi connectivity index (χ2n) is 8.89. The predicted octanol–water partition coefficient (Wildman–Crippen LogP) is 2.87. The molecule has 22 heavy (non-hydrogen) atoms. The molecule has 1 heterocycles. The van der Waals surface area contributed by atoms with Crippen LogP contribution in [-0.2, 0) is 9.53 Å². The molecule has 4 fully saturated rings. The molecule has 3 heteroatoms. The third-order valence-electron chi connectivity index (χ3n) is 8.28. The molecule has 1 N–H and O–H groups in total. The van der Waals surface area contributed by atoms with E-state index in [1.807, 2.05) is 6.08 Å². The zero-order valence-electron chi connectivity index (χ0n) is 13.5. The van der Waals surface area contributed by atoms with E-state index in [0.717, 1.165) is 19.3 Å². The van der Waals surface area contributed by atoms with Crippen LogP contribution in [0.4, 0.5) is 0 Å². The first kappa shape index (κ1) is 13.7. The molecule has 1 aliphatic heterocycles. The van der Waals surface area contributed by atoms with Gasteiger partial charge in [-0.05, 0) is 67.8 Å². The summed E-state index contributed by atoms with van der Waals surface area (Å²) in [6.45, 7) is 4.68. The van der Waals surface area contributed by atoms with E-state index in [4.69, 9.17) is 4.74 Å². The van der Waals surface area contributed by atoms with E-state index in [1.54, 1.807) is 0 Å². The van der Waals surface area contributed by atoms with Gasteiger partial charge in [-0.25, -0.2) is 0 Å². The van der Waals surface area contributed by atoms with Crippen molar-refractivity contribution in [2.45, 2.75) is 70.7 Å². The Labute approximate surface area is 132 Å². The molecule has 0 bridgehead atoms. The first-order valence-electron chi connectivity index (χ1n) is 9.04. The van der Waals surface area contributed by atoms with Crippen LogP contribution in [-0.4, -0.2) is 29.2 Å². The predicted molar refractivity (Wildman–Crippen MR) is 82.1 cm³/mol. The monoisotopic (exact) mass is 302 g/mol. The molecule has 5 aliphatic rings. The Hall–Kier alpha value is -0.670. The summed E-state index contributed by atoms with van der Waals surface area (Å²) in [4.78, 5) is 12.0. The molecule has 4 aliphatic carbocycles. The normalized spacial score (nSPS) is 59.0. The highest BCUT2D eigenvalue weighted by atomic mass is 16.6. The number of fused-ring (bicyclic) bond motifs is 7. The summed E-state index contributed by atoms with van der Waals surface area (Å²) in [5.74, 6) is 2.21. The fourth-order valence-corrected chi connectivity index (χ4v) is 6.90. The van der Waals surface area contributed by atoms with Crippen molar-refractivity contribution in [1.82, 2.24) is 0 Å². The number of ether oxygens (including phenoxy) is 1. The highest BCUT2D eigenvalue weighted by Gasteiger charge is 2.67. The van der Waals surface area contributed by atoms with E-state index in [1.165, 1.54) is 24.8 Å². The van der Waals surface area contributed by atoms with Crippen molar-refractivity contribution in [1.29, 1.82) is 0 Å². The van der Waals surface area contributed by atoms with Gasteiger partial charge in [-0.2, -0.15) is 0 Å². The summed E-state index contributed by atoms with van der Waals surface area (Å²) in [6, 6.07) is 0. The largest absolute Gasteiger partial charge is 0.393 e. The second-order valence-corrected chi connectivity index (χ2v) is 8.89. The number of carbonyl (C=O) groups excluding carboxylic acids is 1. The average Bonchev–Trinajstić information content (AvgIpc) is 3.24. The van der Waals surface area contributed by atoms with Crippen molar-refractivity contribution >= 4 is 5.78 Å². The van der Waals surface area contributed by atoms with Crippen molar-refractivity contribution in [3.8, 4) is 0 Å². The van der Waals surface area contributed by atoms with Gasteiger partial charge in [0.1, 0.15) is 12.2 Å². The summed E-state index contributed by atoms with van der Waals surface area (Å²) >= 11 is 0. The lowest BCUT2D eigenvalue weighted by atomic mass is 9.47. The van der Waals surface area contributed by atoms with Gasteiger partial charge in [0.25, 0.3) is 0 Å². The number of ketones is 1. The maximum Gasteiger partial charge on any atom is 0.187 e. The Morgan fingerprint density at radius 2 is 2.00 bits per heavy atom. The van der Waals surface area contributed by atoms with Gasteiger partial charge in [0, 0.05) is 5.41 Å². The van der Waals surface area contributed by atoms with E-state index in [2.05, 4.69) is 13.8 Å². The highest BCUT2D eigenvalue weighted by Crippen LogP contribution is 2.67. The van der Waals surface area contributed by atoms with Crippen molar-refractivity contribution in [2.24, 2.45) is 28.6 Å². The minimum atomic E-state index is -0.144. The lowest BCUT2D eigenvalue weighted by molar-refractivity contribution is -0.116. The summed E-state index contributed by atoms with van der Waals surface area (Å²) in [6.07, 6.45) is 8.54. The van der Waals surface area contributed by atoms with Gasteiger partial charge in [-0.15, -0.1) is 0 Å². The highest BCUT2D eigenvalue weighted by molar-refractivity contribution is 5.98. The number of epoxide rings is 1. The Morgan fingerprint density at radius 3 is 2.82 bits per heavy atom. The Kier molecular flexibility index (Phi) is 2.53. The fourth-order valence-electron chi connectivity index (χ4n) is 6.90. The zero-order chi connectivity index (χ0) is 15.3. The van der Waals surface area contributed by atoms with Gasteiger partial charge < -0.3 is 9.84 Å². The first-order chi connectivity index (χ1) is 10.5. The molecule has 0 radical (unpaired) electrons. The molecule has 3 nitrogen and oxygen atoms in total. The molecule has 3 saturated carbocycles. The number of aliphatic hydroxyl groups excluding tert-OH is 1. The molecular weight excluding hydrogens is 276 g/mol. The first-order valence-corrected chi connectivity index (χ1v) is 9.04. The number of hydrogen-bond donors (Lipinski definition) is 1. The second kappa shape index (κ2) is 4.05. The van der Waals surface area contributed by atoms with Crippen LogP contribution < -0.4 is 0 Å². The molecule has 0 aromatic carbocycles. The van der Waals surface area contributed by atoms with Crippen LogP contribution in [0.3, 0.4) is 0 Å². The van der Waals surface area contributed by atoms with E-state index in [0.29, 0.717) is 17.8 Å². The maximum absolute atomic E-state index is 12.0. The van der Waals surface area contributed by atoms with Crippen LogP contribution >= 0.6 is 0 Å². The van der Waals surface area contributed by atoms with Gasteiger partial charge >= 0.3 is 0 Å². The molecule has 0 aromatic rings. The van der Waals surface area contributed by atoms with Crippen molar-refractivity contribution in [3.05, 3.63) is 11.6 Å². The number of aliphatic hydroxyl groups is 1. The molecule has 0 aromatic heterocycles. The summed E-state index contributed by atoms with van der Waals surface area (Å²) in [5, 5.41) is 10.5. The molecule has 1 saturated heterocycles. The molecular formula is C19H26O3. The lowest BCUT2D eigenvalue weighted by Gasteiger charge is -2.57. The SMILES string of the molecule is C[C@]12CC[C@H]3[C@@H](CCC4=CC(=O)C5OC5[C@@]43C)[C@@H]1CCC2O. The number of hydrogen-bond acceptors (Lipinski definition) is 3. The fraction of sp³-hybridized carbons (Fsp3) is 0.842. The van der Waals surface area contributed by atoms with Crippen LogP contribution in [0.1, 0.15) is 52.4 Å². The van der Waals surface area contributed by atoms with Crippen LogP contribution in [0.5, 0.6) is 0 Å². The Morgan fingerprint density at radius 1 is 1.18 bits per heavy atom. The Bertz CT molecular complexity index is 581. The zero-order valence-corrected chi connectivity index (χ0v) is 13.5. The third-order valence-corrected chi connectivity index (χ3v) is 8.28. The smallest absolute Gasteiger partial charge is 0.187 e. The summed E-state index contributed by atoms with van der Waals surface area (Å²) in [5.41, 5.74) is 1.57. The molecule has 3 unspecified atom stereocenters. The lowest BCUT2D eigenvalue weighted by Crippen LogP contribution is -2.53. The van der Waals surface area contributed by atoms with Gasteiger partial charge in [0.15, 0.2) is 5.78 Å². The molecule has 8 atom stereocenters. The number of carbonyl (C=O) groups is 1. The van der Waals surface area contributed by atoms with Crippen LogP contribution in [0.2, 0.25) is 0 Å². The van der Waals surface area contributed by atoms with Crippen molar-refractivity contribution in [2.75, 3.05) is 0 Å². The summed E-state index contributed by atoms with van der Waals surface area (Å²) in [7, 11) is 0. The third kappa shape index (κ3) is 1.43. The Balaban J connectivity index is 1.54. The minimum Gasteiger partial charge on any atom is -0.393 e. The molecule has 0 amide bonds. The van der Waals surface area contributed by atoms with Gasteiger partial charge in [-0.1, -0.05) is 19.4 Å². The van der Waals surface area contributed by atoms with Crippen molar-refractivity contribution in [3.63, 3.8) is 0 Å². The summed E-state index contributed by atoms with van der Waals surface area (Å²) < 4.78 is 5.82.